The van der Waals surface area contributed by atoms with E-state index in [2.05, 4.69) is 236 Å². The van der Waals surface area contributed by atoms with E-state index in [1.807, 2.05) is 36.5 Å². The van der Waals surface area contributed by atoms with E-state index in [-0.39, 0.29) is 11.6 Å². The van der Waals surface area contributed by atoms with Crippen LogP contribution in [0.1, 0.15) is 86.0 Å². The van der Waals surface area contributed by atoms with Crippen molar-refractivity contribution >= 4 is 98.2 Å². The number of aryl methyl sites for hydroxylation is 6. The van der Waals surface area contributed by atoms with E-state index in [0.29, 0.717) is 18.8 Å². The molecule has 16 heteroatoms. The number of benzene rings is 9. The highest BCUT2D eigenvalue weighted by atomic mass is 79.9. The molecule has 0 radical (unpaired) electrons. The highest BCUT2D eigenvalue weighted by Gasteiger charge is 2.27. The van der Waals surface area contributed by atoms with Crippen LogP contribution < -0.4 is 20.7 Å². The average molecular weight is 1520 g/mol. The lowest BCUT2D eigenvalue weighted by molar-refractivity contribution is 0.151. The van der Waals surface area contributed by atoms with Gasteiger partial charge in [0, 0.05) is 111 Å². The van der Waals surface area contributed by atoms with Crippen LogP contribution >= 0.6 is 43.2 Å². The van der Waals surface area contributed by atoms with Crippen LogP contribution in [0.2, 0.25) is 0 Å². The van der Waals surface area contributed by atoms with Crippen LogP contribution in [0.15, 0.2) is 235 Å². The molecule has 0 aliphatic carbocycles. The number of aliphatic imine (C=N–C) groups is 4. The highest BCUT2D eigenvalue weighted by molar-refractivity contribution is 9.10. The molecular weight excluding hydrogens is 1430 g/mol. The summed E-state index contributed by atoms with van der Waals surface area (Å²) < 4.78 is 38.3. The number of rotatable bonds is 21. The summed E-state index contributed by atoms with van der Waals surface area (Å²) in [5.41, 5.74) is 15.9. The number of hydrogen-bond acceptors (Lipinski definition) is 12. The average Bonchev–Trinajstić information content (AvgIpc) is 1.70. The maximum Gasteiger partial charge on any atom is 0.128 e. The van der Waals surface area contributed by atoms with E-state index < -0.39 is 0 Å². The van der Waals surface area contributed by atoms with Crippen molar-refractivity contribution in [2.24, 2.45) is 25.9 Å². The fourth-order valence-electron chi connectivity index (χ4n) is 14.7. The molecule has 0 saturated carbocycles. The van der Waals surface area contributed by atoms with Gasteiger partial charge in [-0.25, -0.2) is 8.78 Å². The van der Waals surface area contributed by atoms with Crippen LogP contribution in [-0.4, -0.2) is 131 Å². The number of methoxy groups -OCH3 is 1. The topological polar surface area (TPSA) is 114 Å². The van der Waals surface area contributed by atoms with Crippen LogP contribution in [-0.2, 0) is 51.4 Å². The number of aromatic nitrogens is 1. The van der Waals surface area contributed by atoms with Crippen LogP contribution in [0.3, 0.4) is 0 Å². The van der Waals surface area contributed by atoms with E-state index >= 15 is 4.39 Å². The lowest BCUT2D eigenvalue weighted by atomic mass is 9.88. The minimum absolute atomic E-state index is 0.132. The molecule has 11 nitrogen and oxygen atoms in total. The Morgan fingerprint density at radius 1 is 0.485 bits per heavy atom. The Morgan fingerprint density at radius 2 is 1.06 bits per heavy atom. The first-order chi connectivity index (χ1) is 50.6. The van der Waals surface area contributed by atoms with Gasteiger partial charge in [0.05, 0.1) is 32.3 Å². The Morgan fingerprint density at radius 3 is 1.76 bits per heavy atom. The zero-order valence-corrected chi connectivity index (χ0v) is 62.9. The molecule has 0 bridgehead atoms. The third-order valence-corrected chi connectivity index (χ3v) is 22.1. The summed E-state index contributed by atoms with van der Waals surface area (Å²) in [6.45, 7) is 11.9. The number of amidine groups is 3. The number of nitrogens with zero attached hydrogens (tertiary/aromatic N) is 7. The monoisotopic (exact) mass is 1520 g/mol. The van der Waals surface area contributed by atoms with Crippen molar-refractivity contribution in [2.75, 3.05) is 92.7 Å². The minimum Gasteiger partial charge on any atom is -0.496 e. The van der Waals surface area contributed by atoms with E-state index in [0.717, 1.165) is 201 Å². The van der Waals surface area contributed by atoms with Gasteiger partial charge in [-0.3, -0.25) is 25.0 Å². The second kappa shape index (κ2) is 36.1. The maximum atomic E-state index is 15.0. The van der Waals surface area contributed by atoms with Crippen LogP contribution in [0.5, 0.6) is 5.75 Å². The third kappa shape index (κ3) is 19.0. The second-order valence-electron chi connectivity index (χ2n) is 26.9. The molecule has 5 aliphatic heterocycles. The summed E-state index contributed by atoms with van der Waals surface area (Å²) in [4.78, 5) is 28.0. The largest absolute Gasteiger partial charge is 0.496 e. The molecule has 1 unspecified atom stereocenters. The Labute approximate surface area is 626 Å². The van der Waals surface area contributed by atoms with Crippen LogP contribution in [0.25, 0.3) is 31.8 Å². The molecule has 1 saturated heterocycles. The molecule has 9 aromatic carbocycles. The zero-order valence-electron chi connectivity index (χ0n) is 58.9. The Balaban J connectivity index is 0.000000124. The molecular formula is C87H90Br2F2N10OS. The van der Waals surface area contributed by atoms with Gasteiger partial charge >= 0.3 is 0 Å². The second-order valence-corrected chi connectivity index (χ2v) is 29.6. The number of fused-ring (bicyclic) bond motifs is 3. The lowest BCUT2D eigenvalue weighted by Gasteiger charge is -2.32. The summed E-state index contributed by atoms with van der Waals surface area (Å²) in [5.74, 6) is 3.90. The molecule has 2 aromatic heterocycles. The molecule has 1 atom stereocenters. The van der Waals surface area contributed by atoms with Gasteiger partial charge in [-0.2, -0.15) is 0 Å². The first-order valence-electron chi connectivity index (χ1n) is 36.4. The number of ether oxygens (including phenoxy) is 1. The van der Waals surface area contributed by atoms with Crippen molar-refractivity contribution in [2.45, 2.75) is 70.6 Å². The summed E-state index contributed by atoms with van der Waals surface area (Å²) in [6.07, 6.45) is 12.1. The fraction of sp³-hybridized carbons (Fsp3) is 0.299. The summed E-state index contributed by atoms with van der Waals surface area (Å²) in [7, 11) is 3.88. The van der Waals surface area contributed by atoms with Gasteiger partial charge in [-0.05, 0) is 205 Å². The zero-order chi connectivity index (χ0) is 70.7. The van der Waals surface area contributed by atoms with Gasteiger partial charge in [0.25, 0.3) is 0 Å². The molecule has 5 aliphatic rings. The SMILES string of the molecule is COc1ccc(Br)cc1CCc1c(F)cccc1C1=NCCC1CCCN1CCN(C)CC1.Fc1cccc(C2=NCCN2)c1CCc1cc(Br)cc2ccsc12.c1ccc(C2=NCCN2)c(CCc2ccc3ccccc3c2)c1.c1ccc(C2=NCCN2)c(CCc2cccc3cccnc23)c1. The quantitative estimate of drug-likeness (QED) is 0.0657. The molecule has 528 valence electrons. The Kier molecular flexibility index (Phi) is 25.4. The fourth-order valence-corrected chi connectivity index (χ4v) is 16.5. The van der Waals surface area contributed by atoms with Gasteiger partial charge in [0.1, 0.15) is 34.9 Å². The van der Waals surface area contributed by atoms with E-state index in [1.54, 1.807) is 30.6 Å². The molecule has 7 heterocycles. The number of para-hydroxylation sites is 1. The van der Waals surface area contributed by atoms with Gasteiger partial charge in [0.2, 0.25) is 0 Å². The smallest absolute Gasteiger partial charge is 0.128 e. The van der Waals surface area contributed by atoms with E-state index in [1.165, 1.54) is 77.7 Å². The Bertz CT molecular complexity index is 4840. The highest BCUT2D eigenvalue weighted by Crippen LogP contribution is 2.33. The van der Waals surface area contributed by atoms with Crippen molar-refractivity contribution in [3.8, 4) is 5.75 Å². The normalized spacial score (nSPS) is 15.7. The number of hydrogen-bond donors (Lipinski definition) is 3. The van der Waals surface area contributed by atoms with Gasteiger partial charge in [-0.15, -0.1) is 11.3 Å². The van der Waals surface area contributed by atoms with Gasteiger partial charge in [-0.1, -0.05) is 171 Å². The standard InChI is InChI=1S/C27H35BrFN3O.C21H20N2.C20H19N3.C19H16BrFN2S/c1-31-15-17-32(18-16-31)14-4-5-20-12-13-30-27(20)24-6-3-7-25(29)23(24)10-8-21-19-22(28)9-11-26(21)33-2;1-2-7-19-15-16(9-11-17(19)5-1)10-12-18-6-3-4-8-20(18)21-22-13-14-23-21;1-2-9-18(20-22-13-14-23-20)15(5-1)10-11-17-7-3-6-16-8-4-12-21-19(16)17;20-14-10-12(18-13(11-14)6-9-24-18)4-5-15-16(2-1-3-17(15)21)19-22-7-8-23-19/h3,6-7,9,11,19-20H,4-5,8,10,12-18H2,1-2H3;1-9,11,15H,10,12-14H2,(H,22,23);1-9,12H,10-11,13-14H2,(H,22,23);1-3,6,9-11H,4-5,7-8H2,(H,22,23). The maximum absolute atomic E-state index is 15.0. The predicted octanol–water partition coefficient (Wildman–Crippen LogP) is 17.5. The summed E-state index contributed by atoms with van der Waals surface area (Å²) in [6, 6.07) is 66.1. The van der Waals surface area contributed by atoms with Crippen molar-refractivity contribution in [1.29, 1.82) is 0 Å². The van der Waals surface area contributed by atoms with Crippen molar-refractivity contribution < 1.29 is 13.5 Å². The number of piperazine rings is 1. The first kappa shape index (κ1) is 72.6. The predicted molar refractivity (Wildman–Crippen MR) is 432 cm³/mol. The van der Waals surface area contributed by atoms with Crippen molar-refractivity contribution in [3.63, 3.8) is 0 Å². The minimum atomic E-state index is -0.152. The van der Waals surface area contributed by atoms with Crippen LogP contribution in [0, 0.1) is 17.6 Å². The third-order valence-electron chi connectivity index (χ3n) is 20.1. The molecule has 16 rings (SSSR count). The lowest BCUT2D eigenvalue weighted by Crippen LogP contribution is -2.44. The molecule has 103 heavy (non-hydrogen) atoms. The van der Waals surface area contributed by atoms with E-state index in [4.69, 9.17) is 9.73 Å². The molecule has 1 fully saturated rings. The Hall–Kier alpha value is -8.77. The van der Waals surface area contributed by atoms with Gasteiger partial charge in [0.15, 0.2) is 0 Å². The number of nitrogens with one attached hydrogen (secondary N) is 3. The van der Waals surface area contributed by atoms with Crippen molar-refractivity contribution in [1.82, 2.24) is 30.7 Å². The molecule has 0 spiro atoms. The van der Waals surface area contributed by atoms with Gasteiger partial charge < -0.3 is 30.5 Å². The summed E-state index contributed by atoms with van der Waals surface area (Å²) >= 11 is 8.86. The van der Waals surface area contributed by atoms with Crippen LogP contribution in [0.4, 0.5) is 8.78 Å². The van der Waals surface area contributed by atoms with E-state index in [9.17, 15) is 4.39 Å². The number of halogens is 4. The number of pyridine rings is 1. The van der Waals surface area contributed by atoms with Crippen molar-refractivity contribution in [3.05, 3.63) is 293 Å². The molecule has 11 aromatic rings. The molecule has 0 amide bonds. The summed E-state index contributed by atoms with van der Waals surface area (Å²) in [5, 5.41) is 17.2. The molecule has 3 N–H and O–H groups in total. The first-order valence-corrected chi connectivity index (χ1v) is 38.9. The number of likely N-dealkylation sites (N-methyl/N-ethyl adjacent to an activating group) is 1. The number of thiophene rings is 1.